The summed E-state index contributed by atoms with van der Waals surface area (Å²) in [4.78, 5) is 40.8. The van der Waals surface area contributed by atoms with Gasteiger partial charge in [0.1, 0.15) is 22.7 Å². The Kier molecular flexibility index (Phi) is 4.76. The number of hydrogen-bond acceptors (Lipinski definition) is 6. The molecule has 160 valence electrons. The summed E-state index contributed by atoms with van der Waals surface area (Å²) in [6.07, 6.45) is 7.13. The average Bonchev–Trinajstić information content (AvgIpc) is 3.33. The molecule has 10 heteroatoms. The summed E-state index contributed by atoms with van der Waals surface area (Å²) < 4.78 is 22.1. The van der Waals surface area contributed by atoms with E-state index in [0.717, 1.165) is 0 Å². The Morgan fingerprint density at radius 3 is 2.81 bits per heavy atom. The minimum atomic E-state index is -0.398. The molecule has 1 fully saturated rings. The number of rotatable bonds is 4. The van der Waals surface area contributed by atoms with Crippen molar-refractivity contribution in [1.29, 1.82) is 0 Å². The lowest BCUT2D eigenvalue weighted by Gasteiger charge is -2.27. The number of nitrogens with zero attached hydrogens (tertiary/aromatic N) is 5. The second-order valence-corrected chi connectivity index (χ2v) is 7.71. The van der Waals surface area contributed by atoms with Crippen molar-refractivity contribution in [3.05, 3.63) is 47.0 Å². The molecule has 4 aromatic heterocycles. The molecule has 1 saturated carbocycles. The zero-order valence-electron chi connectivity index (χ0n) is 16.9. The van der Waals surface area contributed by atoms with Crippen LogP contribution in [-0.2, 0) is 9.53 Å². The summed E-state index contributed by atoms with van der Waals surface area (Å²) >= 11 is 0. The number of nitrogens with one attached hydrogen (secondary N) is 1. The van der Waals surface area contributed by atoms with Gasteiger partial charge in [-0.15, -0.1) is 0 Å². The van der Waals surface area contributed by atoms with Crippen molar-refractivity contribution >= 4 is 22.8 Å². The standard InChI is InChI=1S/C21H21FN6O3/c1-2-31-20(29)12-3-6-14(7-4-12)28-19-15(25-21(28)30)9-24-18(26-19)16-10-23-17-8-5-13(22)11-27(16)17/h5,8-12,14H,2-4,6-7H2,1H3,(H,25,30)/t12-,14-. The number of halogens is 1. The second kappa shape index (κ2) is 7.60. The molecule has 4 heterocycles. The zero-order chi connectivity index (χ0) is 21.5. The number of esters is 1. The van der Waals surface area contributed by atoms with E-state index in [2.05, 4.69) is 19.9 Å². The summed E-state index contributed by atoms with van der Waals surface area (Å²) in [6, 6.07) is 2.84. The molecule has 0 bridgehead atoms. The first-order valence-corrected chi connectivity index (χ1v) is 10.3. The van der Waals surface area contributed by atoms with E-state index in [1.165, 1.54) is 12.3 Å². The Morgan fingerprint density at radius 1 is 1.23 bits per heavy atom. The largest absolute Gasteiger partial charge is 0.466 e. The number of fused-ring (bicyclic) bond motifs is 2. The monoisotopic (exact) mass is 424 g/mol. The third kappa shape index (κ3) is 3.37. The Bertz CT molecular complexity index is 1330. The molecule has 9 nitrogen and oxygen atoms in total. The van der Waals surface area contributed by atoms with E-state index in [0.29, 0.717) is 60.6 Å². The molecule has 5 rings (SSSR count). The van der Waals surface area contributed by atoms with Gasteiger partial charge in [0.05, 0.1) is 24.9 Å². The lowest BCUT2D eigenvalue weighted by molar-refractivity contribution is -0.149. The second-order valence-electron chi connectivity index (χ2n) is 7.71. The van der Waals surface area contributed by atoms with Gasteiger partial charge in [0.2, 0.25) is 0 Å². The number of ether oxygens (including phenoxy) is 1. The fourth-order valence-corrected chi connectivity index (χ4v) is 4.33. The van der Waals surface area contributed by atoms with Crippen molar-refractivity contribution in [3.8, 4) is 11.5 Å². The Morgan fingerprint density at radius 2 is 2.03 bits per heavy atom. The van der Waals surface area contributed by atoms with Crippen LogP contribution >= 0.6 is 0 Å². The maximum atomic E-state index is 13.7. The smallest absolute Gasteiger partial charge is 0.327 e. The predicted molar refractivity (Wildman–Crippen MR) is 110 cm³/mol. The average molecular weight is 424 g/mol. The van der Waals surface area contributed by atoms with Gasteiger partial charge in [-0.05, 0) is 44.7 Å². The van der Waals surface area contributed by atoms with Crippen LogP contribution in [0.4, 0.5) is 4.39 Å². The highest BCUT2D eigenvalue weighted by molar-refractivity contribution is 5.73. The number of pyridine rings is 1. The van der Waals surface area contributed by atoms with Gasteiger partial charge in [-0.2, -0.15) is 0 Å². The van der Waals surface area contributed by atoms with Crippen LogP contribution in [0.3, 0.4) is 0 Å². The minimum Gasteiger partial charge on any atom is -0.466 e. The van der Waals surface area contributed by atoms with E-state index in [1.54, 1.807) is 34.4 Å². The van der Waals surface area contributed by atoms with Gasteiger partial charge in [-0.25, -0.2) is 24.1 Å². The molecule has 0 aromatic carbocycles. The molecule has 4 aromatic rings. The Labute approximate surface area is 175 Å². The van der Waals surface area contributed by atoms with Crippen molar-refractivity contribution < 1.29 is 13.9 Å². The molecule has 0 amide bonds. The quantitative estimate of drug-likeness (QED) is 0.505. The van der Waals surface area contributed by atoms with Crippen LogP contribution in [0.1, 0.15) is 38.6 Å². The number of hydrogen-bond donors (Lipinski definition) is 1. The Balaban J connectivity index is 1.50. The first kappa shape index (κ1) is 19.4. The minimum absolute atomic E-state index is 0.0747. The van der Waals surface area contributed by atoms with Crippen LogP contribution < -0.4 is 5.69 Å². The summed E-state index contributed by atoms with van der Waals surface area (Å²) in [5.41, 5.74) is 1.86. The predicted octanol–water partition coefficient (Wildman–Crippen LogP) is 2.87. The van der Waals surface area contributed by atoms with Gasteiger partial charge in [0.15, 0.2) is 11.5 Å². The van der Waals surface area contributed by atoms with E-state index < -0.39 is 5.82 Å². The highest BCUT2D eigenvalue weighted by Crippen LogP contribution is 2.33. The summed E-state index contributed by atoms with van der Waals surface area (Å²) in [6.45, 7) is 2.16. The Hall–Kier alpha value is -3.56. The maximum absolute atomic E-state index is 13.7. The molecule has 1 aliphatic rings. The molecular weight excluding hydrogens is 403 g/mol. The molecule has 0 radical (unpaired) electrons. The molecule has 31 heavy (non-hydrogen) atoms. The fraction of sp³-hybridized carbons (Fsp3) is 0.381. The van der Waals surface area contributed by atoms with E-state index in [9.17, 15) is 14.0 Å². The maximum Gasteiger partial charge on any atom is 0.327 e. The number of carbonyl (C=O) groups excluding carboxylic acids is 1. The summed E-state index contributed by atoms with van der Waals surface area (Å²) in [5.74, 6) is -0.352. The van der Waals surface area contributed by atoms with Crippen LogP contribution in [0, 0.1) is 11.7 Å². The van der Waals surface area contributed by atoms with Crippen molar-refractivity contribution in [1.82, 2.24) is 28.9 Å². The van der Waals surface area contributed by atoms with Crippen molar-refractivity contribution in [2.45, 2.75) is 38.6 Å². The first-order chi connectivity index (χ1) is 15.0. The van der Waals surface area contributed by atoms with Crippen LogP contribution in [0.2, 0.25) is 0 Å². The van der Waals surface area contributed by atoms with Crippen LogP contribution in [0.15, 0.2) is 35.5 Å². The number of imidazole rings is 2. The van der Waals surface area contributed by atoms with Gasteiger partial charge in [-0.3, -0.25) is 13.8 Å². The van der Waals surface area contributed by atoms with E-state index in [-0.39, 0.29) is 23.6 Å². The van der Waals surface area contributed by atoms with Gasteiger partial charge in [0.25, 0.3) is 0 Å². The van der Waals surface area contributed by atoms with Gasteiger partial charge >= 0.3 is 11.7 Å². The van der Waals surface area contributed by atoms with Crippen molar-refractivity contribution in [3.63, 3.8) is 0 Å². The molecule has 0 saturated heterocycles. The lowest BCUT2D eigenvalue weighted by atomic mass is 9.86. The molecule has 0 spiro atoms. The molecular formula is C21H21FN6O3. The van der Waals surface area contributed by atoms with Crippen molar-refractivity contribution in [2.75, 3.05) is 6.61 Å². The van der Waals surface area contributed by atoms with Crippen LogP contribution in [0.5, 0.6) is 0 Å². The van der Waals surface area contributed by atoms with Crippen LogP contribution in [-0.4, -0.2) is 41.5 Å². The fourth-order valence-electron chi connectivity index (χ4n) is 4.33. The van der Waals surface area contributed by atoms with Gasteiger partial charge in [-0.1, -0.05) is 0 Å². The topological polar surface area (TPSA) is 107 Å². The SMILES string of the molecule is CCOC(=O)[C@H]1CC[C@H](n2c(=O)[nH]c3cnc(-c4cnc5ccc(F)cn45)nc32)CC1. The summed E-state index contributed by atoms with van der Waals surface area (Å²) in [5, 5.41) is 0. The van der Waals surface area contributed by atoms with Gasteiger partial charge in [0, 0.05) is 12.2 Å². The van der Waals surface area contributed by atoms with E-state index in [1.807, 2.05) is 0 Å². The lowest BCUT2D eigenvalue weighted by Crippen LogP contribution is -2.29. The van der Waals surface area contributed by atoms with E-state index in [4.69, 9.17) is 4.74 Å². The normalized spacial score (nSPS) is 19.2. The highest BCUT2D eigenvalue weighted by Gasteiger charge is 2.30. The number of carbonyl (C=O) groups is 1. The molecule has 1 aliphatic carbocycles. The molecule has 1 N–H and O–H groups in total. The first-order valence-electron chi connectivity index (χ1n) is 10.3. The number of aromatic amines is 1. The third-order valence-electron chi connectivity index (χ3n) is 5.84. The number of aromatic nitrogens is 6. The third-order valence-corrected chi connectivity index (χ3v) is 5.84. The van der Waals surface area contributed by atoms with Crippen LogP contribution in [0.25, 0.3) is 28.3 Å². The molecule has 0 atom stereocenters. The van der Waals surface area contributed by atoms with Crippen molar-refractivity contribution in [2.24, 2.45) is 5.92 Å². The van der Waals surface area contributed by atoms with Gasteiger partial charge < -0.3 is 9.72 Å². The van der Waals surface area contributed by atoms with E-state index >= 15 is 0 Å². The zero-order valence-corrected chi connectivity index (χ0v) is 16.9. The highest BCUT2D eigenvalue weighted by atomic mass is 19.1. The molecule has 0 aliphatic heterocycles. The summed E-state index contributed by atoms with van der Waals surface area (Å²) in [7, 11) is 0. The number of H-pyrrole nitrogens is 1. The molecule has 0 unspecified atom stereocenters.